The molecule has 19 heavy (non-hydrogen) atoms. The fourth-order valence-corrected chi connectivity index (χ4v) is 1.36. The predicted octanol–water partition coefficient (Wildman–Crippen LogP) is 1.81. The second-order valence-electron chi connectivity index (χ2n) is 3.90. The minimum absolute atomic E-state index is 0.385. The monoisotopic (exact) mass is 258 g/mol. The van der Waals surface area contributed by atoms with Gasteiger partial charge in [-0.05, 0) is 24.1 Å². The molecule has 4 nitrogen and oxygen atoms in total. The van der Waals surface area contributed by atoms with Crippen LogP contribution in [0.1, 0.15) is 5.56 Å². The average molecular weight is 258 g/mol. The van der Waals surface area contributed by atoms with Crippen LogP contribution in [0.25, 0.3) is 0 Å². The van der Waals surface area contributed by atoms with Gasteiger partial charge in [0, 0.05) is 12.4 Å². The number of benzene rings is 1. The number of hydrogen-bond donors (Lipinski definition) is 3. The van der Waals surface area contributed by atoms with Crippen molar-refractivity contribution in [3.8, 4) is 0 Å². The van der Waals surface area contributed by atoms with E-state index in [1.54, 1.807) is 0 Å². The van der Waals surface area contributed by atoms with Gasteiger partial charge in [-0.2, -0.15) is 0 Å². The number of carbonyl (C=O) groups is 1. The summed E-state index contributed by atoms with van der Waals surface area (Å²) < 4.78 is 0. The van der Waals surface area contributed by atoms with Gasteiger partial charge in [0.05, 0.1) is 0 Å². The van der Waals surface area contributed by atoms with E-state index in [0.717, 1.165) is 5.56 Å². The molecule has 100 valence electrons. The summed E-state index contributed by atoms with van der Waals surface area (Å²) >= 11 is 0. The Kier molecular flexibility index (Phi) is 6.76. The molecule has 1 aliphatic rings. The summed E-state index contributed by atoms with van der Waals surface area (Å²) in [6, 6.07) is 8.54. The predicted molar refractivity (Wildman–Crippen MR) is 76.3 cm³/mol. The maximum atomic E-state index is 10.4. The van der Waals surface area contributed by atoms with Gasteiger partial charge in [-0.1, -0.05) is 42.5 Å². The van der Waals surface area contributed by atoms with Gasteiger partial charge in [-0.3, -0.25) is 4.79 Å². The summed E-state index contributed by atoms with van der Waals surface area (Å²) in [5, 5.41) is 11.4. The van der Waals surface area contributed by atoms with E-state index >= 15 is 0 Å². The van der Waals surface area contributed by atoms with E-state index in [1.165, 1.54) is 0 Å². The molecule has 0 bridgehead atoms. The number of nitrogens with two attached hydrogens (primary N) is 1. The summed E-state index contributed by atoms with van der Waals surface area (Å²) in [6.45, 7) is 0. The highest BCUT2D eigenvalue weighted by Gasteiger charge is 2.10. The molecule has 0 aliphatic carbocycles. The van der Waals surface area contributed by atoms with Crippen LogP contribution in [0.5, 0.6) is 0 Å². The molecule has 4 heteroatoms. The molecule has 1 aromatic carbocycles. The fourth-order valence-electron chi connectivity index (χ4n) is 1.36. The van der Waals surface area contributed by atoms with Gasteiger partial charge in [0.25, 0.3) is 0 Å². The van der Waals surface area contributed by atoms with Gasteiger partial charge in [-0.25, -0.2) is 0 Å². The van der Waals surface area contributed by atoms with Crippen LogP contribution in [-0.2, 0) is 11.2 Å². The zero-order valence-electron chi connectivity index (χ0n) is 10.6. The highest BCUT2D eigenvalue weighted by Crippen LogP contribution is 2.01. The zero-order valence-corrected chi connectivity index (χ0v) is 10.6. The summed E-state index contributed by atoms with van der Waals surface area (Å²) in [5.74, 6) is -0.959. The molecule has 0 fully saturated rings. The Morgan fingerprint density at radius 3 is 2.21 bits per heavy atom. The third kappa shape index (κ3) is 6.85. The van der Waals surface area contributed by atoms with Gasteiger partial charge in [0.2, 0.25) is 0 Å². The smallest absolute Gasteiger partial charge is 0.320 e. The molecule has 1 heterocycles. The lowest BCUT2D eigenvalue weighted by Gasteiger charge is -2.04. The topological polar surface area (TPSA) is 75.3 Å². The molecule has 0 spiro atoms. The molecule has 1 atom stereocenters. The molecule has 0 aromatic heterocycles. The third-order valence-corrected chi connectivity index (χ3v) is 2.33. The van der Waals surface area contributed by atoms with Gasteiger partial charge in [0.1, 0.15) is 6.04 Å². The Morgan fingerprint density at radius 1 is 1.11 bits per heavy atom. The van der Waals surface area contributed by atoms with E-state index in [2.05, 4.69) is 5.32 Å². The second kappa shape index (κ2) is 8.72. The normalized spacial score (nSPS) is 13.7. The Morgan fingerprint density at radius 2 is 1.68 bits per heavy atom. The first kappa shape index (κ1) is 14.7. The minimum atomic E-state index is -0.959. The second-order valence-corrected chi connectivity index (χ2v) is 3.90. The Balaban J connectivity index is 0.000000218. The first-order chi connectivity index (χ1) is 9.20. The molecule has 2 rings (SSSR count). The third-order valence-electron chi connectivity index (χ3n) is 2.33. The van der Waals surface area contributed by atoms with Crippen LogP contribution in [-0.4, -0.2) is 17.1 Å². The molecule has 1 aliphatic heterocycles. The Hall–Kier alpha value is -2.33. The van der Waals surface area contributed by atoms with E-state index < -0.39 is 12.0 Å². The van der Waals surface area contributed by atoms with Crippen molar-refractivity contribution in [1.82, 2.24) is 5.32 Å². The zero-order chi connectivity index (χ0) is 13.9. The average Bonchev–Trinajstić information content (AvgIpc) is 2.72. The van der Waals surface area contributed by atoms with Crippen molar-refractivity contribution in [2.45, 2.75) is 12.5 Å². The summed E-state index contributed by atoms with van der Waals surface area (Å²) in [7, 11) is 0. The first-order valence-electron chi connectivity index (χ1n) is 5.97. The quantitative estimate of drug-likeness (QED) is 0.773. The maximum Gasteiger partial charge on any atom is 0.320 e. The van der Waals surface area contributed by atoms with Crippen molar-refractivity contribution in [3.05, 3.63) is 72.6 Å². The van der Waals surface area contributed by atoms with Crippen LogP contribution >= 0.6 is 0 Å². The van der Waals surface area contributed by atoms with E-state index in [4.69, 9.17) is 10.8 Å². The molecular weight excluding hydrogens is 240 g/mol. The van der Waals surface area contributed by atoms with Crippen LogP contribution in [0.15, 0.2) is 67.0 Å². The number of hydrogen-bond acceptors (Lipinski definition) is 3. The molecule has 0 saturated carbocycles. The largest absolute Gasteiger partial charge is 0.480 e. The number of carboxylic acids is 1. The summed E-state index contributed by atoms with van der Waals surface area (Å²) in [4.78, 5) is 10.4. The van der Waals surface area contributed by atoms with Crippen molar-refractivity contribution in [3.63, 3.8) is 0 Å². The number of rotatable bonds is 3. The number of nitrogens with one attached hydrogen (secondary N) is 1. The molecule has 1 unspecified atom stereocenters. The van der Waals surface area contributed by atoms with Gasteiger partial charge < -0.3 is 16.2 Å². The highest BCUT2D eigenvalue weighted by atomic mass is 16.4. The van der Waals surface area contributed by atoms with Gasteiger partial charge in [-0.15, -0.1) is 0 Å². The van der Waals surface area contributed by atoms with E-state index in [-0.39, 0.29) is 0 Å². The number of carboxylic acid groups (broad SMARTS) is 1. The van der Waals surface area contributed by atoms with Crippen molar-refractivity contribution in [1.29, 1.82) is 0 Å². The van der Waals surface area contributed by atoms with Crippen molar-refractivity contribution >= 4 is 5.97 Å². The first-order valence-corrected chi connectivity index (χ1v) is 5.97. The van der Waals surface area contributed by atoms with Crippen molar-refractivity contribution in [2.75, 3.05) is 0 Å². The molecule has 0 saturated heterocycles. The number of aliphatic carboxylic acids is 1. The standard InChI is InChI=1S/C9H11NO2.C6H7N/c10-8(9(11)12)6-7-4-2-1-3-5-7;1-2-4-6-7-5-3-1/h1-5,8H,6,10H2,(H,11,12);1-7H. The fraction of sp³-hybridized carbons (Fsp3) is 0.133. The number of allylic oxidation sites excluding steroid dienone is 4. The summed E-state index contributed by atoms with van der Waals surface area (Å²) in [5.41, 5.74) is 6.30. The summed E-state index contributed by atoms with van der Waals surface area (Å²) in [6.07, 6.45) is 12.0. The highest BCUT2D eigenvalue weighted by molar-refractivity contribution is 5.73. The van der Waals surface area contributed by atoms with Crippen LogP contribution < -0.4 is 11.1 Å². The van der Waals surface area contributed by atoms with Crippen LogP contribution in [0.3, 0.4) is 0 Å². The molecular formula is C15H18N2O2. The van der Waals surface area contributed by atoms with E-state index in [1.807, 2.05) is 67.0 Å². The van der Waals surface area contributed by atoms with Crippen LogP contribution in [0.4, 0.5) is 0 Å². The van der Waals surface area contributed by atoms with E-state index in [9.17, 15) is 4.79 Å². The Bertz CT molecular complexity index is 450. The lowest BCUT2D eigenvalue weighted by molar-refractivity contribution is -0.138. The molecule has 0 amide bonds. The van der Waals surface area contributed by atoms with Crippen molar-refractivity contribution in [2.24, 2.45) is 5.73 Å². The molecule has 1 aromatic rings. The van der Waals surface area contributed by atoms with Gasteiger partial charge in [0.15, 0.2) is 0 Å². The lowest BCUT2D eigenvalue weighted by atomic mass is 10.1. The van der Waals surface area contributed by atoms with E-state index in [0.29, 0.717) is 6.42 Å². The maximum absolute atomic E-state index is 10.4. The van der Waals surface area contributed by atoms with Crippen LogP contribution in [0, 0.1) is 0 Å². The lowest BCUT2D eigenvalue weighted by Crippen LogP contribution is -2.32. The molecule has 4 N–H and O–H groups in total. The van der Waals surface area contributed by atoms with Crippen molar-refractivity contribution < 1.29 is 9.90 Å². The molecule has 0 radical (unpaired) electrons. The SMILES string of the molecule is C1=CC=CNC=C1.NC(Cc1ccccc1)C(=O)O. The van der Waals surface area contributed by atoms with Gasteiger partial charge >= 0.3 is 5.97 Å². The van der Waals surface area contributed by atoms with Crippen LogP contribution in [0.2, 0.25) is 0 Å². The Labute approximate surface area is 112 Å². The minimum Gasteiger partial charge on any atom is -0.480 e.